The molecule has 0 atom stereocenters. The summed E-state index contributed by atoms with van der Waals surface area (Å²) in [5.41, 5.74) is 11.4. The highest BCUT2D eigenvalue weighted by molar-refractivity contribution is 5.57. The normalized spacial score (nSPS) is 10.7. The Morgan fingerprint density at radius 1 is 1.12 bits per heavy atom. The summed E-state index contributed by atoms with van der Waals surface area (Å²) in [5.74, 6) is 0. The first-order chi connectivity index (χ1) is 11.6. The van der Waals surface area contributed by atoms with Crippen LogP contribution in [0.15, 0.2) is 60.3 Å². The van der Waals surface area contributed by atoms with Crippen LogP contribution in [-0.2, 0) is 12.8 Å². The molecule has 24 heavy (non-hydrogen) atoms. The molecule has 0 aromatic heterocycles. The Morgan fingerprint density at radius 2 is 1.75 bits per heavy atom. The van der Waals surface area contributed by atoms with Gasteiger partial charge in [-0.05, 0) is 62.4 Å². The van der Waals surface area contributed by atoms with Crippen LogP contribution in [0.25, 0.3) is 0 Å². The Kier molecular flexibility index (Phi) is 12.2. The highest BCUT2D eigenvalue weighted by Crippen LogP contribution is 2.27. The molecule has 0 spiro atoms. The van der Waals surface area contributed by atoms with Crippen molar-refractivity contribution in [3.63, 3.8) is 0 Å². The molecule has 0 heterocycles. The molecule has 132 valence electrons. The minimum Gasteiger partial charge on any atom is -0.399 e. The number of benzene rings is 1. The molecule has 1 rings (SSSR count). The van der Waals surface area contributed by atoms with Gasteiger partial charge in [0.25, 0.3) is 0 Å². The van der Waals surface area contributed by atoms with Crippen LogP contribution in [0.5, 0.6) is 0 Å². The van der Waals surface area contributed by atoms with Gasteiger partial charge in [-0.25, -0.2) is 0 Å². The predicted molar refractivity (Wildman–Crippen MR) is 110 cm³/mol. The molecule has 0 fully saturated rings. The lowest BCUT2D eigenvalue weighted by Gasteiger charge is -2.11. The number of rotatable bonds is 10. The van der Waals surface area contributed by atoms with Crippen molar-refractivity contribution < 1.29 is 0 Å². The summed E-state index contributed by atoms with van der Waals surface area (Å²) in [6.45, 7) is 17.9. The first-order valence-corrected chi connectivity index (χ1v) is 8.83. The molecule has 0 aliphatic carbocycles. The minimum atomic E-state index is 0.655. The maximum Gasteiger partial charge on any atom is 0.0686 e. The smallest absolute Gasteiger partial charge is 0.0686 e. The van der Waals surface area contributed by atoms with E-state index < -0.39 is 0 Å². The van der Waals surface area contributed by atoms with Crippen molar-refractivity contribution in [1.29, 1.82) is 0 Å². The van der Waals surface area contributed by atoms with Crippen molar-refractivity contribution in [3.8, 4) is 0 Å². The molecule has 1 aromatic carbocycles. The molecule has 0 aliphatic rings. The summed E-state index contributed by atoms with van der Waals surface area (Å²) in [5, 5.41) is 0. The van der Waals surface area contributed by atoms with Crippen LogP contribution in [0, 0.1) is 0 Å². The molecule has 2 nitrogen and oxygen atoms in total. The zero-order chi connectivity index (χ0) is 18.4. The van der Waals surface area contributed by atoms with Gasteiger partial charge in [-0.15, -0.1) is 13.2 Å². The van der Waals surface area contributed by atoms with Gasteiger partial charge in [0.2, 0.25) is 0 Å². The van der Waals surface area contributed by atoms with Crippen molar-refractivity contribution in [2.75, 3.05) is 0 Å². The van der Waals surface area contributed by atoms with Crippen molar-refractivity contribution in [3.05, 3.63) is 66.4 Å². The van der Waals surface area contributed by atoms with E-state index in [1.54, 1.807) is 0 Å². The quantitative estimate of drug-likeness (QED) is 0.233. The Bertz CT molecular complexity index is 541. The number of unbranched alkanes of at least 4 members (excludes halogenated alkanes) is 1. The summed E-state index contributed by atoms with van der Waals surface area (Å²) in [6.07, 6.45) is 9.75. The number of aryl methyl sites for hydroxylation is 2. The highest BCUT2D eigenvalue weighted by atomic mass is 14.7. The lowest BCUT2D eigenvalue weighted by Crippen LogP contribution is -1.94. The highest BCUT2D eigenvalue weighted by Gasteiger charge is 2.06. The SMILES string of the molecule is C=C.C=Nc1c(CCC)cccc1CCCC/C(=C/C(=C)N)CC. The summed E-state index contributed by atoms with van der Waals surface area (Å²) in [6, 6.07) is 6.49. The van der Waals surface area contributed by atoms with E-state index in [9.17, 15) is 0 Å². The molecule has 0 saturated heterocycles. The number of hydrogen-bond acceptors (Lipinski definition) is 2. The van der Waals surface area contributed by atoms with E-state index in [2.05, 4.69) is 63.5 Å². The van der Waals surface area contributed by atoms with E-state index in [4.69, 9.17) is 5.73 Å². The lowest BCUT2D eigenvalue weighted by atomic mass is 9.98. The summed E-state index contributed by atoms with van der Waals surface area (Å²) >= 11 is 0. The van der Waals surface area contributed by atoms with Crippen molar-refractivity contribution in [2.45, 2.75) is 58.8 Å². The Balaban J connectivity index is 0.00000254. The fourth-order valence-electron chi connectivity index (χ4n) is 2.80. The second kappa shape index (κ2) is 13.4. The van der Waals surface area contributed by atoms with Gasteiger partial charge in [0.1, 0.15) is 0 Å². The number of para-hydroxylation sites is 1. The molecule has 0 bridgehead atoms. The molecular formula is C22H34N2. The Labute approximate surface area is 148 Å². The molecule has 0 aliphatic heterocycles. The third kappa shape index (κ3) is 7.96. The van der Waals surface area contributed by atoms with Crippen LogP contribution in [0.2, 0.25) is 0 Å². The fraction of sp³-hybridized carbons (Fsp3) is 0.409. The Morgan fingerprint density at radius 3 is 2.25 bits per heavy atom. The van der Waals surface area contributed by atoms with Crippen LogP contribution in [0.1, 0.15) is 57.1 Å². The zero-order valence-corrected chi connectivity index (χ0v) is 15.6. The second-order valence-corrected chi connectivity index (χ2v) is 5.77. The van der Waals surface area contributed by atoms with Crippen LogP contribution in [0.4, 0.5) is 5.69 Å². The first kappa shape index (κ1) is 21.9. The van der Waals surface area contributed by atoms with Crippen LogP contribution in [-0.4, -0.2) is 6.72 Å². The number of nitrogens with zero attached hydrogens (tertiary/aromatic N) is 1. The van der Waals surface area contributed by atoms with E-state index in [-0.39, 0.29) is 0 Å². The largest absolute Gasteiger partial charge is 0.399 e. The van der Waals surface area contributed by atoms with E-state index in [0.29, 0.717) is 5.70 Å². The third-order valence-corrected chi connectivity index (χ3v) is 3.92. The van der Waals surface area contributed by atoms with Gasteiger partial charge in [0, 0.05) is 5.70 Å². The van der Waals surface area contributed by atoms with E-state index in [1.807, 2.05) is 6.08 Å². The predicted octanol–water partition coefficient (Wildman–Crippen LogP) is 6.30. The van der Waals surface area contributed by atoms with Crippen LogP contribution < -0.4 is 5.73 Å². The van der Waals surface area contributed by atoms with E-state index in [1.165, 1.54) is 23.1 Å². The Hall–Kier alpha value is -2.09. The topological polar surface area (TPSA) is 38.4 Å². The van der Waals surface area contributed by atoms with Crippen LogP contribution >= 0.6 is 0 Å². The number of aliphatic imine (C=N–C) groups is 1. The van der Waals surface area contributed by atoms with Gasteiger partial charge in [0.15, 0.2) is 0 Å². The summed E-state index contributed by atoms with van der Waals surface area (Å²) in [7, 11) is 0. The number of allylic oxidation sites excluding steroid dienone is 2. The molecule has 0 radical (unpaired) electrons. The summed E-state index contributed by atoms with van der Waals surface area (Å²) in [4.78, 5) is 4.27. The van der Waals surface area contributed by atoms with Gasteiger partial charge in [-0.1, -0.05) is 50.6 Å². The van der Waals surface area contributed by atoms with Gasteiger partial charge in [-0.2, -0.15) is 0 Å². The van der Waals surface area contributed by atoms with Crippen molar-refractivity contribution >= 4 is 12.4 Å². The molecule has 0 amide bonds. The summed E-state index contributed by atoms with van der Waals surface area (Å²) < 4.78 is 0. The average molecular weight is 327 g/mol. The lowest BCUT2D eigenvalue weighted by molar-refractivity contribution is 0.716. The average Bonchev–Trinajstić information content (AvgIpc) is 2.59. The molecule has 0 unspecified atom stereocenters. The molecule has 2 heteroatoms. The maximum absolute atomic E-state index is 5.66. The third-order valence-electron chi connectivity index (χ3n) is 3.92. The van der Waals surface area contributed by atoms with Gasteiger partial charge in [0.05, 0.1) is 5.69 Å². The van der Waals surface area contributed by atoms with Crippen molar-refractivity contribution in [2.24, 2.45) is 10.7 Å². The fourth-order valence-corrected chi connectivity index (χ4v) is 2.80. The van der Waals surface area contributed by atoms with E-state index >= 15 is 0 Å². The second-order valence-electron chi connectivity index (χ2n) is 5.77. The molecule has 1 aromatic rings. The number of hydrogen-bond donors (Lipinski definition) is 1. The standard InChI is InChI=1S/C20H30N2.C2H4/c1-5-10-18-13-9-14-19(20(18)22-4)12-8-7-11-17(6-2)15-16(3)21;1-2/h9,13-15H,3-8,10-12,21H2,1-2H3;1-2H2/b17-15+;. The molecular weight excluding hydrogens is 292 g/mol. The van der Waals surface area contributed by atoms with Gasteiger partial charge in [-0.3, -0.25) is 4.99 Å². The van der Waals surface area contributed by atoms with E-state index in [0.717, 1.165) is 44.2 Å². The van der Waals surface area contributed by atoms with Gasteiger partial charge < -0.3 is 5.73 Å². The van der Waals surface area contributed by atoms with Gasteiger partial charge >= 0.3 is 0 Å². The molecule has 2 N–H and O–H groups in total. The monoisotopic (exact) mass is 326 g/mol. The zero-order valence-electron chi connectivity index (χ0n) is 15.6. The van der Waals surface area contributed by atoms with Crippen molar-refractivity contribution in [1.82, 2.24) is 0 Å². The maximum atomic E-state index is 5.66. The first-order valence-electron chi connectivity index (χ1n) is 8.83. The minimum absolute atomic E-state index is 0.655. The number of nitrogens with two attached hydrogens (primary N) is 1. The van der Waals surface area contributed by atoms with Crippen LogP contribution in [0.3, 0.4) is 0 Å². The molecule has 0 saturated carbocycles.